The summed E-state index contributed by atoms with van der Waals surface area (Å²) in [5, 5.41) is 0.868. The van der Waals surface area contributed by atoms with Crippen LogP contribution in [0.25, 0.3) is 0 Å². The maximum atomic E-state index is 4.62. The van der Waals surface area contributed by atoms with Crippen molar-refractivity contribution in [3.8, 4) is 0 Å². The molecule has 0 aliphatic rings. The highest BCUT2D eigenvalue weighted by molar-refractivity contribution is 9.08. The lowest BCUT2D eigenvalue weighted by Gasteiger charge is -2.31. The Morgan fingerprint density at radius 3 is 2.35 bits per heavy atom. The highest BCUT2D eigenvalue weighted by atomic mass is 79.9. The molecule has 0 N–H and O–H groups in total. The van der Waals surface area contributed by atoms with Crippen molar-refractivity contribution in [2.75, 3.05) is 11.4 Å². The molecule has 0 spiro atoms. The van der Waals surface area contributed by atoms with Gasteiger partial charge in [-0.2, -0.15) is 0 Å². The number of halogens is 1. The molecule has 0 aliphatic carbocycles. The van der Waals surface area contributed by atoms with Crippen LogP contribution in [0.2, 0.25) is 0 Å². The summed E-state index contributed by atoms with van der Waals surface area (Å²) in [6, 6.07) is 2.70. The molecule has 2 nitrogen and oxygen atoms in total. The van der Waals surface area contributed by atoms with Gasteiger partial charge in [-0.25, -0.2) is 4.98 Å². The van der Waals surface area contributed by atoms with Gasteiger partial charge in [0.1, 0.15) is 5.82 Å². The van der Waals surface area contributed by atoms with E-state index in [1.165, 1.54) is 11.1 Å². The molecule has 0 aliphatic heterocycles. The molecule has 17 heavy (non-hydrogen) atoms. The molecule has 0 amide bonds. The molecular weight excluding hydrogens is 276 g/mol. The van der Waals surface area contributed by atoms with Crippen molar-refractivity contribution >= 4 is 21.7 Å². The summed E-state index contributed by atoms with van der Waals surface area (Å²) in [7, 11) is 0. The second kappa shape index (κ2) is 6.39. The van der Waals surface area contributed by atoms with E-state index >= 15 is 0 Å². The van der Waals surface area contributed by atoms with Crippen molar-refractivity contribution in [1.29, 1.82) is 0 Å². The van der Waals surface area contributed by atoms with Crippen molar-refractivity contribution in [2.45, 2.75) is 46.0 Å². The number of hydrogen-bond donors (Lipinski definition) is 0. The number of alkyl halides is 1. The van der Waals surface area contributed by atoms with E-state index in [1.807, 2.05) is 6.20 Å². The van der Waals surface area contributed by atoms with Crippen LogP contribution in [-0.2, 0) is 5.33 Å². The van der Waals surface area contributed by atoms with E-state index in [4.69, 9.17) is 0 Å². The quantitative estimate of drug-likeness (QED) is 0.759. The Kier molecular flexibility index (Phi) is 5.44. The van der Waals surface area contributed by atoms with Gasteiger partial charge >= 0.3 is 0 Å². The summed E-state index contributed by atoms with van der Waals surface area (Å²) in [6.07, 6.45) is 1.97. The lowest BCUT2D eigenvalue weighted by molar-refractivity contribution is 0.565. The van der Waals surface area contributed by atoms with Crippen LogP contribution in [0.5, 0.6) is 0 Å². The molecule has 1 rings (SSSR count). The zero-order valence-corrected chi connectivity index (χ0v) is 13.1. The van der Waals surface area contributed by atoms with Crippen LogP contribution >= 0.6 is 15.9 Å². The smallest absolute Gasteiger partial charge is 0.131 e. The average Bonchev–Trinajstić information content (AvgIpc) is 2.25. The van der Waals surface area contributed by atoms with Gasteiger partial charge in [0, 0.05) is 24.1 Å². The topological polar surface area (TPSA) is 16.1 Å². The zero-order chi connectivity index (χ0) is 13.0. The fourth-order valence-electron chi connectivity index (χ4n) is 1.93. The molecule has 0 bridgehead atoms. The first-order valence-corrected chi connectivity index (χ1v) is 7.36. The van der Waals surface area contributed by atoms with Gasteiger partial charge in [0.25, 0.3) is 0 Å². The number of pyridine rings is 1. The van der Waals surface area contributed by atoms with Gasteiger partial charge in [0.2, 0.25) is 0 Å². The van der Waals surface area contributed by atoms with Crippen molar-refractivity contribution < 1.29 is 0 Å². The monoisotopic (exact) mass is 298 g/mol. The third kappa shape index (κ3) is 3.98. The van der Waals surface area contributed by atoms with Gasteiger partial charge in [-0.15, -0.1) is 0 Å². The summed E-state index contributed by atoms with van der Waals surface area (Å²) in [4.78, 5) is 7.01. The Morgan fingerprint density at radius 1 is 1.29 bits per heavy atom. The predicted octanol–water partition coefficient (Wildman–Crippen LogP) is 4.16. The minimum absolute atomic E-state index is 0.485. The SMILES string of the molecule is Cc1cc(CBr)cnc1N(CC(C)C)C(C)C. The Labute approximate surface area is 114 Å². The van der Waals surface area contributed by atoms with Crippen molar-refractivity contribution in [3.05, 3.63) is 23.4 Å². The van der Waals surface area contributed by atoms with Crippen LogP contribution in [0.1, 0.15) is 38.8 Å². The third-order valence-electron chi connectivity index (χ3n) is 2.72. The highest BCUT2D eigenvalue weighted by Crippen LogP contribution is 2.22. The molecule has 0 fully saturated rings. The standard InChI is InChI=1S/C14H23BrN2/c1-10(2)9-17(11(3)4)14-12(5)6-13(7-15)8-16-14/h6,8,10-11H,7,9H2,1-5H3. The number of rotatable bonds is 5. The Hall–Kier alpha value is -0.570. The number of hydrogen-bond acceptors (Lipinski definition) is 2. The van der Waals surface area contributed by atoms with Gasteiger partial charge in [-0.05, 0) is 37.8 Å². The molecule has 3 heteroatoms. The largest absolute Gasteiger partial charge is 0.354 e. The van der Waals surface area contributed by atoms with Crippen LogP contribution in [0.3, 0.4) is 0 Å². The summed E-state index contributed by atoms with van der Waals surface area (Å²) in [5.41, 5.74) is 2.50. The fourth-order valence-corrected chi connectivity index (χ4v) is 2.24. The second-order valence-electron chi connectivity index (χ2n) is 5.26. The van der Waals surface area contributed by atoms with Gasteiger partial charge in [-0.3, -0.25) is 0 Å². The molecule has 0 radical (unpaired) electrons. The Bertz CT molecular complexity index is 361. The molecule has 1 aromatic rings. The van der Waals surface area contributed by atoms with Crippen molar-refractivity contribution in [1.82, 2.24) is 4.98 Å². The molecule has 1 aromatic heterocycles. The maximum absolute atomic E-state index is 4.62. The minimum atomic E-state index is 0.485. The van der Waals surface area contributed by atoms with Gasteiger partial charge < -0.3 is 4.90 Å². The minimum Gasteiger partial charge on any atom is -0.354 e. The van der Waals surface area contributed by atoms with E-state index < -0.39 is 0 Å². The number of anilines is 1. The van der Waals surface area contributed by atoms with Gasteiger partial charge in [0.05, 0.1) is 0 Å². The van der Waals surface area contributed by atoms with Crippen molar-refractivity contribution in [2.24, 2.45) is 5.92 Å². The lowest BCUT2D eigenvalue weighted by Crippen LogP contribution is -2.35. The van der Waals surface area contributed by atoms with E-state index in [0.717, 1.165) is 17.7 Å². The zero-order valence-electron chi connectivity index (χ0n) is 11.5. The number of nitrogens with zero attached hydrogens (tertiary/aromatic N) is 2. The van der Waals surface area contributed by atoms with E-state index in [9.17, 15) is 0 Å². The molecular formula is C14H23BrN2. The molecule has 0 aromatic carbocycles. The van der Waals surface area contributed by atoms with Crippen LogP contribution in [0, 0.1) is 12.8 Å². The molecule has 0 atom stereocenters. The third-order valence-corrected chi connectivity index (χ3v) is 3.37. The van der Waals surface area contributed by atoms with Gasteiger partial charge in [0.15, 0.2) is 0 Å². The number of aromatic nitrogens is 1. The number of aryl methyl sites for hydroxylation is 1. The van der Waals surface area contributed by atoms with E-state index in [2.05, 4.69) is 66.5 Å². The van der Waals surface area contributed by atoms with Crippen LogP contribution in [0.4, 0.5) is 5.82 Å². The summed E-state index contributed by atoms with van der Waals surface area (Å²) in [6.45, 7) is 12.1. The van der Waals surface area contributed by atoms with E-state index in [1.54, 1.807) is 0 Å². The first-order valence-electron chi connectivity index (χ1n) is 6.23. The normalized spacial score (nSPS) is 11.3. The first-order chi connectivity index (χ1) is 7.95. The summed E-state index contributed by atoms with van der Waals surface area (Å²) in [5.74, 6) is 1.77. The Balaban J connectivity index is 3.01. The Morgan fingerprint density at radius 2 is 1.94 bits per heavy atom. The lowest BCUT2D eigenvalue weighted by atomic mass is 10.1. The molecule has 1 heterocycles. The molecule has 0 saturated heterocycles. The van der Waals surface area contributed by atoms with Crippen molar-refractivity contribution in [3.63, 3.8) is 0 Å². The highest BCUT2D eigenvalue weighted by Gasteiger charge is 2.15. The molecule has 0 saturated carbocycles. The predicted molar refractivity (Wildman–Crippen MR) is 78.9 cm³/mol. The molecule has 0 unspecified atom stereocenters. The second-order valence-corrected chi connectivity index (χ2v) is 5.82. The van der Waals surface area contributed by atoms with Crippen LogP contribution in [0.15, 0.2) is 12.3 Å². The molecule has 96 valence electrons. The summed E-state index contributed by atoms with van der Waals surface area (Å²) >= 11 is 3.47. The maximum Gasteiger partial charge on any atom is 0.131 e. The van der Waals surface area contributed by atoms with E-state index in [-0.39, 0.29) is 0 Å². The van der Waals surface area contributed by atoms with E-state index in [0.29, 0.717) is 12.0 Å². The summed E-state index contributed by atoms with van der Waals surface area (Å²) < 4.78 is 0. The fraction of sp³-hybridized carbons (Fsp3) is 0.643. The van der Waals surface area contributed by atoms with Crippen LogP contribution in [-0.4, -0.2) is 17.6 Å². The first kappa shape index (κ1) is 14.5. The van der Waals surface area contributed by atoms with Gasteiger partial charge in [-0.1, -0.05) is 35.8 Å². The van der Waals surface area contributed by atoms with Crippen LogP contribution < -0.4 is 4.90 Å². The average molecular weight is 299 g/mol.